The third-order valence-corrected chi connectivity index (χ3v) is 3.65. The number of imidazole rings is 1. The number of halogens is 1. The third kappa shape index (κ3) is 2.60. The number of benzene rings is 1. The number of nitrogens with zero attached hydrogens (tertiary/aromatic N) is 2. The molecule has 1 aromatic carbocycles. The highest BCUT2D eigenvalue weighted by Crippen LogP contribution is 2.27. The summed E-state index contributed by atoms with van der Waals surface area (Å²) in [5.74, 6) is 0.825. The van der Waals surface area contributed by atoms with Gasteiger partial charge in [0.2, 0.25) is 0 Å². The minimum Gasteiger partial charge on any atom is -0.497 e. The average Bonchev–Trinajstić information content (AvgIpc) is 2.86. The minimum atomic E-state index is 0.559. The summed E-state index contributed by atoms with van der Waals surface area (Å²) in [6.07, 6.45) is 2.62. The van der Waals surface area contributed by atoms with Crippen molar-refractivity contribution in [1.29, 1.82) is 0 Å². The second-order valence-corrected chi connectivity index (χ2v) is 5.19. The monoisotopic (exact) mass is 301 g/mol. The molecule has 2 aromatic heterocycles. The van der Waals surface area contributed by atoms with Crippen molar-refractivity contribution in [3.63, 3.8) is 0 Å². The largest absolute Gasteiger partial charge is 0.497 e. The number of fused-ring (bicyclic) bond motifs is 1. The van der Waals surface area contributed by atoms with Crippen LogP contribution in [0.4, 0.5) is 0 Å². The molecule has 0 unspecified atom stereocenters. The normalized spacial score (nSPS) is 11.0. The van der Waals surface area contributed by atoms with E-state index < -0.39 is 0 Å². The van der Waals surface area contributed by atoms with E-state index in [0.717, 1.165) is 34.8 Å². The number of nitrogens with two attached hydrogens (primary N) is 1. The van der Waals surface area contributed by atoms with Crippen molar-refractivity contribution in [2.75, 3.05) is 13.7 Å². The summed E-state index contributed by atoms with van der Waals surface area (Å²) in [7, 11) is 1.65. The molecular formula is C16H16ClN3O. The molecule has 2 heterocycles. The zero-order valence-electron chi connectivity index (χ0n) is 11.7. The maximum Gasteiger partial charge on any atom is 0.137 e. The number of rotatable bonds is 4. The molecule has 0 aliphatic rings. The van der Waals surface area contributed by atoms with Crippen LogP contribution in [0.25, 0.3) is 16.9 Å². The molecule has 0 bridgehead atoms. The van der Waals surface area contributed by atoms with E-state index in [-0.39, 0.29) is 0 Å². The highest BCUT2D eigenvalue weighted by atomic mass is 35.5. The predicted octanol–water partition coefficient (Wildman–Crippen LogP) is 3.16. The first-order valence-electron chi connectivity index (χ1n) is 6.74. The van der Waals surface area contributed by atoms with Crippen molar-refractivity contribution in [2.45, 2.75) is 6.42 Å². The van der Waals surface area contributed by atoms with E-state index in [4.69, 9.17) is 27.1 Å². The molecule has 108 valence electrons. The molecule has 2 N–H and O–H groups in total. The van der Waals surface area contributed by atoms with Crippen molar-refractivity contribution in [3.05, 3.63) is 53.3 Å². The number of aromatic nitrogens is 2. The number of pyridine rings is 1. The first-order valence-corrected chi connectivity index (χ1v) is 7.11. The highest BCUT2D eigenvalue weighted by Gasteiger charge is 2.13. The van der Waals surface area contributed by atoms with Gasteiger partial charge in [-0.3, -0.25) is 0 Å². The van der Waals surface area contributed by atoms with Crippen LogP contribution in [0, 0.1) is 0 Å². The number of hydrogen-bond acceptors (Lipinski definition) is 3. The van der Waals surface area contributed by atoms with Crippen molar-refractivity contribution in [2.24, 2.45) is 5.73 Å². The molecule has 21 heavy (non-hydrogen) atoms. The lowest BCUT2D eigenvalue weighted by molar-refractivity contribution is 0.415. The molecule has 4 nitrogen and oxygen atoms in total. The first-order chi connectivity index (χ1) is 10.2. The Kier molecular flexibility index (Phi) is 3.82. The molecule has 0 saturated carbocycles. The van der Waals surface area contributed by atoms with E-state index in [1.807, 2.05) is 47.0 Å². The van der Waals surface area contributed by atoms with Crippen LogP contribution >= 0.6 is 11.6 Å². The topological polar surface area (TPSA) is 52.5 Å². The molecule has 0 aliphatic heterocycles. The Morgan fingerprint density at radius 3 is 2.62 bits per heavy atom. The van der Waals surface area contributed by atoms with Crippen molar-refractivity contribution in [1.82, 2.24) is 9.38 Å². The average molecular weight is 302 g/mol. The fourth-order valence-electron chi connectivity index (χ4n) is 2.42. The van der Waals surface area contributed by atoms with Crippen LogP contribution in [0.5, 0.6) is 5.75 Å². The van der Waals surface area contributed by atoms with Crippen LogP contribution in [0.3, 0.4) is 0 Å². The van der Waals surface area contributed by atoms with E-state index >= 15 is 0 Å². The van der Waals surface area contributed by atoms with Gasteiger partial charge in [0.15, 0.2) is 0 Å². The maximum atomic E-state index is 6.09. The van der Waals surface area contributed by atoms with Crippen molar-refractivity contribution >= 4 is 17.2 Å². The number of methoxy groups -OCH3 is 1. The summed E-state index contributed by atoms with van der Waals surface area (Å²) >= 11 is 6.09. The summed E-state index contributed by atoms with van der Waals surface area (Å²) in [6.45, 7) is 0.559. The Morgan fingerprint density at radius 1 is 1.19 bits per heavy atom. The van der Waals surface area contributed by atoms with Crippen LogP contribution in [0.1, 0.15) is 5.69 Å². The standard InChI is InChI=1S/C16H16ClN3O/c1-21-13-5-2-11(3-6-13)16-14(8-9-18)20-10-12(17)4-7-15(20)19-16/h2-7,10H,8-9,18H2,1H3. The zero-order chi connectivity index (χ0) is 14.8. The van der Waals surface area contributed by atoms with Crippen molar-refractivity contribution in [3.8, 4) is 17.0 Å². The molecule has 3 rings (SSSR count). The summed E-state index contributed by atoms with van der Waals surface area (Å²) < 4.78 is 7.20. The molecule has 0 atom stereocenters. The zero-order valence-corrected chi connectivity index (χ0v) is 12.5. The van der Waals surface area contributed by atoms with Gasteiger partial charge in [-0.05, 0) is 42.9 Å². The lowest BCUT2D eigenvalue weighted by atomic mass is 10.1. The van der Waals surface area contributed by atoms with Crippen LogP contribution < -0.4 is 10.5 Å². The molecule has 0 radical (unpaired) electrons. The van der Waals surface area contributed by atoms with Crippen LogP contribution in [0.15, 0.2) is 42.6 Å². The Balaban J connectivity index is 2.17. The van der Waals surface area contributed by atoms with Gasteiger partial charge in [-0.1, -0.05) is 11.6 Å². The predicted molar refractivity (Wildman–Crippen MR) is 84.9 cm³/mol. The van der Waals surface area contributed by atoms with Crippen molar-refractivity contribution < 1.29 is 4.74 Å². The summed E-state index contributed by atoms with van der Waals surface area (Å²) in [5.41, 5.74) is 9.66. The Morgan fingerprint density at radius 2 is 1.95 bits per heavy atom. The first kappa shape index (κ1) is 13.9. The number of ether oxygens (including phenoxy) is 1. The Bertz CT molecular complexity index is 765. The summed E-state index contributed by atoms with van der Waals surface area (Å²) in [6, 6.07) is 11.6. The minimum absolute atomic E-state index is 0.559. The van der Waals surface area contributed by atoms with E-state index in [0.29, 0.717) is 11.6 Å². The van der Waals surface area contributed by atoms with Crippen LogP contribution in [-0.4, -0.2) is 23.0 Å². The quantitative estimate of drug-likeness (QED) is 0.805. The molecule has 0 fully saturated rings. The van der Waals surface area contributed by atoms with Crippen LogP contribution in [0.2, 0.25) is 5.02 Å². The van der Waals surface area contributed by atoms with Gasteiger partial charge in [-0.2, -0.15) is 0 Å². The van der Waals surface area contributed by atoms with Gasteiger partial charge < -0.3 is 14.9 Å². The van der Waals surface area contributed by atoms with E-state index in [1.165, 1.54) is 0 Å². The highest BCUT2D eigenvalue weighted by molar-refractivity contribution is 6.30. The van der Waals surface area contributed by atoms with Gasteiger partial charge in [0.05, 0.1) is 23.5 Å². The van der Waals surface area contributed by atoms with E-state index in [1.54, 1.807) is 7.11 Å². The summed E-state index contributed by atoms with van der Waals surface area (Å²) in [4.78, 5) is 4.71. The SMILES string of the molecule is COc1ccc(-c2nc3ccc(Cl)cn3c2CCN)cc1. The van der Waals surface area contributed by atoms with Gasteiger partial charge in [0.1, 0.15) is 11.4 Å². The van der Waals surface area contributed by atoms with Gasteiger partial charge in [-0.15, -0.1) is 0 Å². The second-order valence-electron chi connectivity index (χ2n) is 4.75. The molecular weight excluding hydrogens is 286 g/mol. The van der Waals surface area contributed by atoms with Gasteiger partial charge in [0, 0.05) is 18.2 Å². The van der Waals surface area contributed by atoms with Crippen LogP contribution in [-0.2, 0) is 6.42 Å². The molecule has 3 aromatic rings. The Hall–Kier alpha value is -2.04. The molecule has 0 aliphatic carbocycles. The number of hydrogen-bond donors (Lipinski definition) is 1. The van der Waals surface area contributed by atoms with Gasteiger partial charge >= 0.3 is 0 Å². The smallest absolute Gasteiger partial charge is 0.137 e. The fourth-order valence-corrected chi connectivity index (χ4v) is 2.58. The lowest BCUT2D eigenvalue weighted by Gasteiger charge is -2.05. The third-order valence-electron chi connectivity index (χ3n) is 3.43. The van der Waals surface area contributed by atoms with Gasteiger partial charge in [0.25, 0.3) is 0 Å². The van der Waals surface area contributed by atoms with E-state index in [2.05, 4.69) is 0 Å². The molecule has 0 spiro atoms. The molecule has 5 heteroatoms. The van der Waals surface area contributed by atoms with E-state index in [9.17, 15) is 0 Å². The fraction of sp³-hybridized carbons (Fsp3) is 0.188. The maximum absolute atomic E-state index is 6.09. The second kappa shape index (κ2) is 5.76. The summed E-state index contributed by atoms with van der Waals surface area (Å²) in [5, 5.41) is 0.680. The molecule has 0 amide bonds. The van der Waals surface area contributed by atoms with Gasteiger partial charge in [-0.25, -0.2) is 4.98 Å². The Labute approximate surface area is 128 Å². The molecule has 0 saturated heterocycles. The lowest BCUT2D eigenvalue weighted by Crippen LogP contribution is -2.06.